The van der Waals surface area contributed by atoms with Crippen LogP contribution in [0.4, 0.5) is 0 Å². The van der Waals surface area contributed by atoms with Gasteiger partial charge in [-0.05, 0) is 6.42 Å². The van der Waals surface area contributed by atoms with E-state index >= 15 is 0 Å². The molecule has 1 rings (SSSR count). The summed E-state index contributed by atoms with van der Waals surface area (Å²) >= 11 is 0. The molecule has 0 aromatic carbocycles. The van der Waals surface area contributed by atoms with Gasteiger partial charge < -0.3 is 35.7 Å². The van der Waals surface area contributed by atoms with E-state index in [0.29, 0.717) is 5.92 Å². The lowest BCUT2D eigenvalue weighted by molar-refractivity contribution is -0.126. The molecular weight excluding hydrogens is 376 g/mol. The van der Waals surface area contributed by atoms with Crippen LogP contribution < -0.4 is 0 Å². The van der Waals surface area contributed by atoms with E-state index in [-0.39, 0.29) is 12.8 Å². The summed E-state index contributed by atoms with van der Waals surface area (Å²) in [6.45, 7) is 0.947. The highest BCUT2D eigenvalue weighted by Crippen LogP contribution is 2.38. The Hall–Kier alpha value is -0.540. The molecule has 0 radical (unpaired) electrons. The minimum Gasteiger partial charge on any atom is -0.392 e. The third-order valence-corrected chi connectivity index (χ3v) is 5.05. The predicted octanol–water partition coefficient (Wildman–Crippen LogP) is -3.27. The first-order valence-corrected chi connectivity index (χ1v) is 9.48. The van der Waals surface area contributed by atoms with Crippen LogP contribution >= 0.6 is 0 Å². The zero-order valence-corrected chi connectivity index (χ0v) is 15.0. The molecule has 12 heteroatoms. The third kappa shape index (κ3) is 5.99. The van der Waals surface area contributed by atoms with E-state index in [1.807, 2.05) is 0 Å². The summed E-state index contributed by atoms with van der Waals surface area (Å²) in [6, 6.07) is 0. The van der Waals surface area contributed by atoms with Crippen molar-refractivity contribution in [3.05, 3.63) is 5.92 Å². The standard InChI is InChI=1S/C14H26O11S/c1-2-8(16)12(20)13(21)14(25-26(22,23)24)10(18)4-6-3-9(17)11(19)7(6)5-15/h7-21H,2-5H2,1H3/p+1. The van der Waals surface area contributed by atoms with E-state index in [9.17, 15) is 44.2 Å². The minimum absolute atomic E-state index is 0.00919. The van der Waals surface area contributed by atoms with Crippen LogP contribution in [0.25, 0.3) is 0 Å². The highest BCUT2D eigenvalue weighted by molar-refractivity contribution is 7.80. The van der Waals surface area contributed by atoms with E-state index < -0.39 is 72.1 Å². The van der Waals surface area contributed by atoms with Crippen molar-refractivity contribution in [2.75, 3.05) is 6.61 Å². The fourth-order valence-corrected chi connectivity index (χ4v) is 3.58. The molecule has 0 aromatic rings. The molecule has 0 spiro atoms. The van der Waals surface area contributed by atoms with E-state index in [2.05, 4.69) is 4.18 Å². The first-order chi connectivity index (χ1) is 11.9. The molecule has 1 aliphatic carbocycles. The number of aliphatic hydroxyl groups excluding tert-OH is 7. The SMILES string of the molecule is CCC(O)C(O)C(O)C(OS(=O)(=O)O)C(O)C[C+]1CC(O)C(O)C1CO. The van der Waals surface area contributed by atoms with Crippen LogP contribution in [0.2, 0.25) is 0 Å². The summed E-state index contributed by atoms with van der Waals surface area (Å²) in [5, 5.41) is 68.5. The third-order valence-electron chi connectivity index (χ3n) is 4.58. The number of aliphatic hydroxyl groups is 7. The Labute approximate surface area is 151 Å². The van der Waals surface area contributed by atoms with Crippen molar-refractivity contribution in [1.29, 1.82) is 0 Å². The van der Waals surface area contributed by atoms with E-state index in [4.69, 9.17) is 4.55 Å². The fraction of sp³-hybridized carbons (Fsp3) is 0.929. The van der Waals surface area contributed by atoms with Crippen LogP contribution in [0, 0.1) is 11.8 Å². The quantitative estimate of drug-likeness (QED) is 0.134. The Morgan fingerprint density at radius 2 is 1.69 bits per heavy atom. The Balaban J connectivity index is 2.95. The predicted molar refractivity (Wildman–Crippen MR) is 85.8 cm³/mol. The molecule has 0 aliphatic heterocycles. The van der Waals surface area contributed by atoms with Crippen molar-refractivity contribution in [3.63, 3.8) is 0 Å². The van der Waals surface area contributed by atoms with Crippen LogP contribution in [0.3, 0.4) is 0 Å². The largest absolute Gasteiger partial charge is 0.397 e. The molecule has 1 aliphatic rings. The molecule has 11 nitrogen and oxygen atoms in total. The maximum Gasteiger partial charge on any atom is 0.397 e. The Bertz CT molecular complexity index is 527. The number of hydrogen-bond donors (Lipinski definition) is 8. The van der Waals surface area contributed by atoms with Crippen LogP contribution in [0.5, 0.6) is 0 Å². The topological polar surface area (TPSA) is 205 Å². The highest BCUT2D eigenvalue weighted by Gasteiger charge is 2.52. The van der Waals surface area contributed by atoms with Crippen LogP contribution in [0.1, 0.15) is 26.2 Å². The van der Waals surface area contributed by atoms with Gasteiger partial charge in [-0.2, -0.15) is 8.42 Å². The number of hydrogen-bond acceptors (Lipinski definition) is 10. The van der Waals surface area contributed by atoms with Crippen molar-refractivity contribution in [1.82, 2.24) is 0 Å². The zero-order chi connectivity index (χ0) is 20.2. The van der Waals surface area contributed by atoms with Crippen molar-refractivity contribution < 1.29 is 52.9 Å². The molecule has 0 heterocycles. The smallest absolute Gasteiger partial charge is 0.392 e. The molecule has 8 N–H and O–H groups in total. The second-order valence-electron chi connectivity index (χ2n) is 6.43. The molecule has 0 amide bonds. The van der Waals surface area contributed by atoms with Gasteiger partial charge in [-0.1, -0.05) is 6.92 Å². The Morgan fingerprint density at radius 3 is 2.15 bits per heavy atom. The fourth-order valence-electron chi connectivity index (χ4n) is 3.06. The number of rotatable bonds is 10. The van der Waals surface area contributed by atoms with Gasteiger partial charge in [-0.15, -0.1) is 0 Å². The first kappa shape index (κ1) is 23.5. The van der Waals surface area contributed by atoms with Gasteiger partial charge in [0.15, 0.2) is 5.92 Å². The molecule has 0 bridgehead atoms. The minimum atomic E-state index is -5.12. The average molecular weight is 403 g/mol. The monoisotopic (exact) mass is 403 g/mol. The summed E-state index contributed by atoms with van der Waals surface area (Å²) in [5.41, 5.74) is 0. The summed E-state index contributed by atoms with van der Waals surface area (Å²) in [4.78, 5) is 0. The molecule has 26 heavy (non-hydrogen) atoms. The van der Waals surface area contributed by atoms with Crippen molar-refractivity contribution >= 4 is 10.4 Å². The van der Waals surface area contributed by atoms with Gasteiger partial charge in [0, 0.05) is 0 Å². The lowest BCUT2D eigenvalue weighted by Crippen LogP contribution is -2.51. The van der Waals surface area contributed by atoms with E-state index in [1.54, 1.807) is 0 Å². The maximum absolute atomic E-state index is 11.0. The van der Waals surface area contributed by atoms with E-state index in [1.165, 1.54) is 6.92 Å². The van der Waals surface area contributed by atoms with Gasteiger partial charge >= 0.3 is 10.4 Å². The lowest BCUT2D eigenvalue weighted by Gasteiger charge is -2.30. The van der Waals surface area contributed by atoms with Gasteiger partial charge in [0.05, 0.1) is 12.7 Å². The molecule has 1 fully saturated rings. The van der Waals surface area contributed by atoms with Gasteiger partial charge in [0.1, 0.15) is 55.4 Å². The summed E-state index contributed by atoms with van der Waals surface area (Å²) in [7, 11) is -5.12. The highest BCUT2D eigenvalue weighted by atomic mass is 32.3. The zero-order valence-electron chi connectivity index (χ0n) is 14.2. The molecule has 1 saturated carbocycles. The van der Waals surface area contributed by atoms with E-state index in [0.717, 1.165) is 0 Å². The summed E-state index contributed by atoms with van der Waals surface area (Å²) in [5.74, 6) is -0.587. The molecule has 8 unspecified atom stereocenters. The summed E-state index contributed by atoms with van der Waals surface area (Å²) in [6.07, 6.45) is -12.2. The summed E-state index contributed by atoms with van der Waals surface area (Å²) < 4.78 is 35.2. The maximum atomic E-state index is 11.0. The van der Waals surface area contributed by atoms with Crippen LogP contribution in [-0.4, -0.2) is 98.1 Å². The van der Waals surface area contributed by atoms with Gasteiger partial charge in [0.2, 0.25) is 0 Å². The second kappa shape index (κ2) is 9.59. The molecule has 0 aromatic heterocycles. The Kier molecular flexibility index (Phi) is 8.67. The molecule has 154 valence electrons. The molecule has 8 atom stereocenters. The van der Waals surface area contributed by atoms with Crippen LogP contribution in [0.15, 0.2) is 0 Å². The molecule has 0 saturated heterocycles. The normalized spacial score (nSPS) is 30.0. The van der Waals surface area contributed by atoms with Gasteiger partial charge in [0.25, 0.3) is 0 Å². The van der Waals surface area contributed by atoms with Gasteiger partial charge in [-0.25, -0.2) is 4.18 Å². The van der Waals surface area contributed by atoms with Crippen molar-refractivity contribution in [2.24, 2.45) is 5.92 Å². The average Bonchev–Trinajstić information content (AvgIpc) is 2.82. The second-order valence-corrected chi connectivity index (χ2v) is 7.47. The van der Waals surface area contributed by atoms with Crippen molar-refractivity contribution in [2.45, 2.75) is 68.9 Å². The first-order valence-electron chi connectivity index (χ1n) is 8.12. The Morgan fingerprint density at radius 1 is 1.12 bits per heavy atom. The molecular formula is C14H27O11S+. The van der Waals surface area contributed by atoms with Gasteiger partial charge in [-0.3, -0.25) is 4.55 Å². The van der Waals surface area contributed by atoms with Crippen LogP contribution in [-0.2, 0) is 14.6 Å². The van der Waals surface area contributed by atoms with Crippen molar-refractivity contribution in [3.8, 4) is 0 Å². The lowest BCUT2D eigenvalue weighted by atomic mass is 9.87.